The van der Waals surface area contributed by atoms with Gasteiger partial charge in [0.05, 0.1) is 29.0 Å². The summed E-state index contributed by atoms with van der Waals surface area (Å²) in [5.41, 5.74) is 1.23. The van der Waals surface area contributed by atoms with E-state index in [0.717, 1.165) is 4.88 Å². The number of para-hydroxylation sites is 1. The summed E-state index contributed by atoms with van der Waals surface area (Å²) >= 11 is 2.69. The van der Waals surface area contributed by atoms with Crippen molar-refractivity contribution in [3.05, 3.63) is 83.2 Å². The molecule has 0 N–H and O–H groups in total. The zero-order valence-corrected chi connectivity index (χ0v) is 21.1. The van der Waals surface area contributed by atoms with E-state index in [-0.39, 0.29) is 25.4 Å². The fraction of sp³-hybridized carbons (Fsp3) is 0.280. The molecule has 182 valence electrons. The molecule has 4 rings (SSSR count). The lowest BCUT2D eigenvalue weighted by Gasteiger charge is -2.23. The Morgan fingerprint density at radius 2 is 1.89 bits per heavy atom. The number of nitrogens with zero attached hydrogens (tertiary/aromatic N) is 2. The van der Waals surface area contributed by atoms with Gasteiger partial charge in [-0.3, -0.25) is 9.36 Å². The average molecular weight is 513 g/mol. The standard InChI is InChI=1S/C25H24N2O6S2/c1-4-31-20(28)14-33-17-10-7-6-9-16(17)13-19-23(29)27-22(18-11-8-12-34-18)21(24(30)32-5-2)15(3)26-25(27)35-19/h6-13,22H,4-5,14H2,1-3H3/b19-13-/t22-/m0/s1. The second kappa shape index (κ2) is 10.8. The van der Waals surface area contributed by atoms with Gasteiger partial charge in [0, 0.05) is 10.4 Å². The molecule has 3 heterocycles. The topological polar surface area (TPSA) is 96.2 Å². The molecule has 1 atom stereocenters. The highest BCUT2D eigenvalue weighted by Crippen LogP contribution is 2.33. The van der Waals surface area contributed by atoms with Gasteiger partial charge in [-0.25, -0.2) is 14.6 Å². The van der Waals surface area contributed by atoms with E-state index in [0.29, 0.717) is 31.9 Å². The number of hydrogen-bond donors (Lipinski definition) is 0. The first-order valence-corrected chi connectivity index (χ1v) is 12.7. The van der Waals surface area contributed by atoms with Crippen molar-refractivity contribution in [1.29, 1.82) is 0 Å². The number of fused-ring (bicyclic) bond motifs is 1. The summed E-state index contributed by atoms with van der Waals surface area (Å²) in [6.07, 6.45) is 1.71. The van der Waals surface area contributed by atoms with Gasteiger partial charge in [-0.2, -0.15) is 0 Å². The Hall–Kier alpha value is -3.50. The molecule has 0 saturated carbocycles. The van der Waals surface area contributed by atoms with Crippen LogP contribution in [0, 0.1) is 0 Å². The SMILES string of the molecule is CCOC(=O)COc1ccccc1/C=c1\sc2n(c1=O)[C@@H](c1cccs1)C(C(=O)OCC)=C(C)N=2. The van der Waals surface area contributed by atoms with Crippen LogP contribution >= 0.6 is 22.7 Å². The quantitative estimate of drug-likeness (QED) is 0.431. The summed E-state index contributed by atoms with van der Waals surface area (Å²) in [5.74, 6) is -0.511. The summed E-state index contributed by atoms with van der Waals surface area (Å²) in [6, 6.07) is 10.3. The fourth-order valence-corrected chi connectivity index (χ4v) is 5.58. The summed E-state index contributed by atoms with van der Waals surface area (Å²) in [7, 11) is 0. The summed E-state index contributed by atoms with van der Waals surface area (Å²) in [6.45, 7) is 5.47. The second-order valence-electron chi connectivity index (χ2n) is 7.45. The van der Waals surface area contributed by atoms with E-state index < -0.39 is 18.0 Å². The fourth-order valence-electron chi connectivity index (χ4n) is 3.72. The molecule has 1 aliphatic heterocycles. The molecule has 8 nitrogen and oxygen atoms in total. The molecule has 0 unspecified atom stereocenters. The molecule has 1 aliphatic rings. The van der Waals surface area contributed by atoms with Gasteiger partial charge in [0.1, 0.15) is 11.8 Å². The van der Waals surface area contributed by atoms with E-state index in [9.17, 15) is 14.4 Å². The van der Waals surface area contributed by atoms with E-state index in [1.165, 1.54) is 22.7 Å². The van der Waals surface area contributed by atoms with Gasteiger partial charge in [-0.15, -0.1) is 11.3 Å². The highest BCUT2D eigenvalue weighted by Gasteiger charge is 2.33. The lowest BCUT2D eigenvalue weighted by atomic mass is 10.0. The first-order chi connectivity index (χ1) is 16.9. The number of thiophene rings is 1. The molecule has 0 spiro atoms. The molecule has 0 saturated heterocycles. The van der Waals surface area contributed by atoms with Gasteiger partial charge in [-0.05, 0) is 44.4 Å². The predicted molar refractivity (Wildman–Crippen MR) is 133 cm³/mol. The zero-order valence-electron chi connectivity index (χ0n) is 19.5. The third kappa shape index (κ3) is 5.13. The van der Waals surface area contributed by atoms with Crippen LogP contribution in [0.15, 0.2) is 62.8 Å². The maximum atomic E-state index is 13.6. The molecule has 2 aromatic heterocycles. The van der Waals surface area contributed by atoms with E-state index in [2.05, 4.69) is 4.99 Å². The van der Waals surface area contributed by atoms with Crippen LogP contribution in [0.5, 0.6) is 5.75 Å². The zero-order chi connectivity index (χ0) is 24.9. The Bertz CT molecular complexity index is 1450. The number of allylic oxidation sites excluding steroid dienone is 1. The van der Waals surface area contributed by atoms with Gasteiger partial charge >= 0.3 is 11.9 Å². The molecule has 0 bridgehead atoms. The second-order valence-corrected chi connectivity index (χ2v) is 9.44. The minimum absolute atomic E-state index is 0.222. The van der Waals surface area contributed by atoms with Crippen LogP contribution in [0.1, 0.15) is 37.3 Å². The van der Waals surface area contributed by atoms with Crippen molar-refractivity contribution in [2.24, 2.45) is 4.99 Å². The molecule has 3 aromatic rings. The Morgan fingerprint density at radius 1 is 1.11 bits per heavy atom. The van der Waals surface area contributed by atoms with Crippen LogP contribution < -0.4 is 19.6 Å². The Kier molecular flexibility index (Phi) is 7.62. The van der Waals surface area contributed by atoms with Crippen LogP contribution in [0.4, 0.5) is 0 Å². The van der Waals surface area contributed by atoms with Crippen LogP contribution in [-0.2, 0) is 19.1 Å². The van der Waals surface area contributed by atoms with E-state index in [4.69, 9.17) is 14.2 Å². The maximum absolute atomic E-state index is 13.6. The van der Waals surface area contributed by atoms with Crippen LogP contribution in [0.3, 0.4) is 0 Å². The molecule has 35 heavy (non-hydrogen) atoms. The Balaban J connectivity index is 1.81. The molecule has 0 radical (unpaired) electrons. The molecule has 0 aliphatic carbocycles. The van der Waals surface area contributed by atoms with Crippen molar-refractivity contribution in [3.8, 4) is 5.75 Å². The first-order valence-electron chi connectivity index (χ1n) is 11.0. The number of rotatable bonds is 8. The Labute approximate surface area is 209 Å². The summed E-state index contributed by atoms with van der Waals surface area (Å²) in [5, 5.41) is 1.90. The highest BCUT2D eigenvalue weighted by molar-refractivity contribution is 7.10. The largest absolute Gasteiger partial charge is 0.481 e. The minimum atomic E-state index is -0.622. The van der Waals surface area contributed by atoms with Crippen molar-refractivity contribution in [1.82, 2.24) is 4.57 Å². The van der Waals surface area contributed by atoms with Crippen LogP contribution in [0.25, 0.3) is 6.08 Å². The lowest BCUT2D eigenvalue weighted by molar-refractivity contribution is -0.145. The highest BCUT2D eigenvalue weighted by atomic mass is 32.1. The van der Waals surface area contributed by atoms with Gasteiger partial charge in [0.15, 0.2) is 11.4 Å². The number of esters is 2. The molecule has 1 aromatic carbocycles. The number of thiazole rings is 1. The summed E-state index contributed by atoms with van der Waals surface area (Å²) < 4.78 is 17.8. The van der Waals surface area contributed by atoms with E-state index in [1.807, 2.05) is 23.6 Å². The van der Waals surface area contributed by atoms with Gasteiger partial charge < -0.3 is 14.2 Å². The van der Waals surface area contributed by atoms with Crippen LogP contribution in [0.2, 0.25) is 0 Å². The van der Waals surface area contributed by atoms with Crippen molar-refractivity contribution in [2.75, 3.05) is 19.8 Å². The number of carbonyl (C=O) groups excluding carboxylic acids is 2. The third-order valence-electron chi connectivity index (χ3n) is 5.19. The molecular weight excluding hydrogens is 488 g/mol. The number of benzene rings is 1. The maximum Gasteiger partial charge on any atom is 0.344 e. The smallest absolute Gasteiger partial charge is 0.344 e. The normalized spacial score (nSPS) is 15.4. The van der Waals surface area contributed by atoms with Crippen molar-refractivity contribution in [2.45, 2.75) is 26.8 Å². The van der Waals surface area contributed by atoms with Crippen molar-refractivity contribution in [3.63, 3.8) is 0 Å². The van der Waals surface area contributed by atoms with Gasteiger partial charge in [0.25, 0.3) is 5.56 Å². The lowest BCUT2D eigenvalue weighted by Crippen LogP contribution is -2.39. The molecule has 10 heteroatoms. The molecule has 0 fully saturated rings. The average Bonchev–Trinajstić information content (AvgIpc) is 3.47. The van der Waals surface area contributed by atoms with Crippen molar-refractivity contribution >= 4 is 40.7 Å². The molecular formula is C25H24N2O6S2. The number of aromatic nitrogens is 1. The van der Waals surface area contributed by atoms with E-state index >= 15 is 0 Å². The number of ether oxygens (including phenoxy) is 3. The third-order valence-corrected chi connectivity index (χ3v) is 7.09. The minimum Gasteiger partial charge on any atom is -0.481 e. The van der Waals surface area contributed by atoms with Gasteiger partial charge in [-0.1, -0.05) is 35.6 Å². The summed E-state index contributed by atoms with van der Waals surface area (Å²) in [4.78, 5) is 44.1. The van der Waals surface area contributed by atoms with Crippen LogP contribution in [-0.4, -0.2) is 36.3 Å². The number of carbonyl (C=O) groups is 2. The molecule has 0 amide bonds. The monoisotopic (exact) mass is 512 g/mol. The van der Waals surface area contributed by atoms with E-state index in [1.54, 1.807) is 49.6 Å². The number of hydrogen-bond acceptors (Lipinski definition) is 9. The van der Waals surface area contributed by atoms with Gasteiger partial charge in [0.2, 0.25) is 0 Å². The Morgan fingerprint density at radius 3 is 2.60 bits per heavy atom. The first kappa shape index (κ1) is 24.6. The predicted octanol–water partition coefficient (Wildman–Crippen LogP) is 2.80. The van der Waals surface area contributed by atoms with Crippen molar-refractivity contribution < 1.29 is 23.8 Å².